The van der Waals surface area contributed by atoms with Gasteiger partial charge in [0.05, 0.1) is 23.5 Å². The number of carbonyl (C=O) groups is 2. The van der Waals surface area contributed by atoms with Crippen molar-refractivity contribution in [3.8, 4) is 0 Å². The Labute approximate surface area is 145 Å². The number of hydrogen-bond acceptors (Lipinski definition) is 6. The van der Waals surface area contributed by atoms with E-state index in [0.29, 0.717) is 5.69 Å². The van der Waals surface area contributed by atoms with Crippen LogP contribution in [0.4, 0.5) is 5.69 Å². The van der Waals surface area contributed by atoms with E-state index < -0.39 is 18.0 Å². The van der Waals surface area contributed by atoms with E-state index in [4.69, 9.17) is 4.74 Å². The highest BCUT2D eigenvalue weighted by Gasteiger charge is 2.19. The molecule has 0 fully saturated rings. The van der Waals surface area contributed by atoms with Gasteiger partial charge in [-0.15, -0.1) is 0 Å². The summed E-state index contributed by atoms with van der Waals surface area (Å²) >= 11 is 0. The number of para-hydroxylation sites is 1. The molecule has 0 aliphatic rings. The maximum Gasteiger partial charge on any atom is 0.619 e. The lowest BCUT2D eigenvalue weighted by atomic mass is 10.1. The van der Waals surface area contributed by atoms with Crippen LogP contribution in [0.5, 0.6) is 0 Å². The number of nitrogens with one attached hydrogen (secondary N) is 1. The SMILES string of the molecule is C=CC(OC(=O)c1ccccc1NN=[C+]C(=O)OC)c1ccccc1. The number of nitrogens with zero attached hydrogens (tertiary/aromatic N) is 1. The second-order valence-electron chi connectivity index (χ2n) is 4.84. The molecule has 6 nitrogen and oxygen atoms in total. The van der Waals surface area contributed by atoms with Crippen LogP contribution in [0.2, 0.25) is 0 Å². The maximum atomic E-state index is 12.5. The monoisotopic (exact) mass is 337 g/mol. The van der Waals surface area contributed by atoms with E-state index >= 15 is 0 Å². The summed E-state index contributed by atoms with van der Waals surface area (Å²) in [4.78, 5) is 23.5. The van der Waals surface area contributed by atoms with Gasteiger partial charge in [0, 0.05) is 0 Å². The van der Waals surface area contributed by atoms with Gasteiger partial charge in [0.2, 0.25) is 0 Å². The summed E-state index contributed by atoms with van der Waals surface area (Å²) in [6.07, 6.45) is 3.08. The number of hydrazone groups is 1. The zero-order chi connectivity index (χ0) is 18.1. The third-order valence-corrected chi connectivity index (χ3v) is 3.23. The number of ether oxygens (including phenoxy) is 2. The predicted molar refractivity (Wildman–Crippen MR) is 94.3 cm³/mol. The van der Waals surface area contributed by atoms with Crippen LogP contribution < -0.4 is 5.43 Å². The van der Waals surface area contributed by atoms with Gasteiger partial charge in [0.15, 0.2) is 0 Å². The van der Waals surface area contributed by atoms with Crippen LogP contribution in [0, 0.1) is 0 Å². The Morgan fingerprint density at radius 1 is 1.16 bits per heavy atom. The molecule has 0 saturated carbocycles. The van der Waals surface area contributed by atoms with E-state index in [2.05, 4.69) is 28.1 Å². The summed E-state index contributed by atoms with van der Waals surface area (Å²) in [7, 11) is 1.22. The Bertz CT molecular complexity index is 772. The van der Waals surface area contributed by atoms with Gasteiger partial charge in [-0.2, -0.15) is 4.79 Å². The van der Waals surface area contributed by atoms with Crippen LogP contribution in [0.3, 0.4) is 0 Å². The average Bonchev–Trinajstić information content (AvgIpc) is 2.66. The van der Waals surface area contributed by atoms with E-state index in [-0.39, 0.29) is 5.56 Å². The van der Waals surface area contributed by atoms with Crippen LogP contribution in [-0.4, -0.2) is 25.3 Å². The fourth-order valence-corrected chi connectivity index (χ4v) is 2.01. The highest BCUT2D eigenvalue weighted by atomic mass is 16.5. The molecule has 0 saturated heterocycles. The second-order valence-corrected chi connectivity index (χ2v) is 4.84. The standard InChI is InChI=1S/C19H16N2O4/c1-3-17(14-9-5-4-6-10-14)25-19(23)15-11-7-8-12-16(15)21-20-13-18(22)24-2/h3-12,17H,1H2,2H3/p+1. The summed E-state index contributed by atoms with van der Waals surface area (Å²) in [6.45, 7) is 3.71. The zero-order valence-corrected chi connectivity index (χ0v) is 13.6. The van der Waals surface area contributed by atoms with Crippen LogP contribution in [0.15, 0.2) is 72.4 Å². The predicted octanol–water partition coefficient (Wildman–Crippen LogP) is 3.22. The Balaban J connectivity index is 2.15. The van der Waals surface area contributed by atoms with Gasteiger partial charge >= 0.3 is 18.2 Å². The van der Waals surface area contributed by atoms with E-state index in [1.54, 1.807) is 30.3 Å². The molecule has 2 aromatic carbocycles. The fraction of sp³-hybridized carbons (Fsp3) is 0.105. The van der Waals surface area contributed by atoms with Gasteiger partial charge < -0.3 is 9.47 Å². The summed E-state index contributed by atoms with van der Waals surface area (Å²) in [5.41, 5.74) is 4.03. The van der Waals surface area contributed by atoms with Crippen LogP contribution in [0.25, 0.3) is 0 Å². The lowest BCUT2D eigenvalue weighted by molar-refractivity contribution is -0.132. The largest absolute Gasteiger partial charge is 0.619 e. The summed E-state index contributed by atoms with van der Waals surface area (Å²) in [5.74, 6) is -1.28. The quantitative estimate of drug-likeness (QED) is 0.276. The highest BCUT2D eigenvalue weighted by Crippen LogP contribution is 2.23. The fourth-order valence-electron chi connectivity index (χ4n) is 2.01. The van der Waals surface area contributed by atoms with Crippen molar-refractivity contribution < 1.29 is 19.1 Å². The van der Waals surface area contributed by atoms with Gasteiger partial charge in [-0.05, 0) is 23.8 Å². The number of anilines is 1. The van der Waals surface area contributed by atoms with Crippen molar-refractivity contribution in [3.63, 3.8) is 0 Å². The van der Waals surface area contributed by atoms with Gasteiger partial charge in [0.25, 0.3) is 0 Å². The molecule has 2 aromatic rings. The number of benzene rings is 2. The molecule has 1 N–H and O–H groups in total. The molecular formula is C19H17N2O4+. The third-order valence-electron chi connectivity index (χ3n) is 3.23. The van der Waals surface area contributed by atoms with Crippen molar-refractivity contribution in [1.29, 1.82) is 0 Å². The van der Waals surface area contributed by atoms with Crippen molar-refractivity contribution in [2.45, 2.75) is 6.10 Å². The Morgan fingerprint density at radius 2 is 1.84 bits per heavy atom. The van der Waals surface area contributed by atoms with Crippen molar-refractivity contribution in [1.82, 2.24) is 0 Å². The molecule has 0 aromatic heterocycles. The van der Waals surface area contributed by atoms with Crippen LogP contribution in [-0.2, 0) is 14.3 Å². The first kappa shape index (κ1) is 17.8. The van der Waals surface area contributed by atoms with Crippen molar-refractivity contribution >= 4 is 23.8 Å². The average molecular weight is 337 g/mol. The van der Waals surface area contributed by atoms with Gasteiger partial charge in [-0.3, -0.25) is 0 Å². The smallest absolute Gasteiger partial charge is 0.450 e. The van der Waals surface area contributed by atoms with E-state index in [9.17, 15) is 9.59 Å². The number of rotatable bonds is 7. The molecule has 0 radical (unpaired) electrons. The highest BCUT2D eigenvalue weighted by molar-refractivity contribution is 6.23. The molecule has 1 atom stereocenters. The summed E-state index contributed by atoms with van der Waals surface area (Å²) in [6, 6.07) is 15.9. The van der Waals surface area contributed by atoms with Crippen molar-refractivity contribution in [2.24, 2.45) is 5.10 Å². The van der Waals surface area contributed by atoms with Gasteiger partial charge in [-0.25, -0.2) is 10.2 Å². The molecule has 2 rings (SSSR count). The first-order valence-electron chi connectivity index (χ1n) is 7.43. The van der Waals surface area contributed by atoms with Crippen molar-refractivity contribution in [2.75, 3.05) is 12.5 Å². The number of hydrogen-bond donors (Lipinski definition) is 1. The Kier molecular flexibility index (Phi) is 6.39. The van der Waals surface area contributed by atoms with Crippen molar-refractivity contribution in [3.05, 3.63) is 78.4 Å². The van der Waals surface area contributed by atoms with E-state index in [1.807, 2.05) is 30.3 Å². The number of esters is 2. The molecule has 0 heterocycles. The van der Waals surface area contributed by atoms with E-state index in [1.165, 1.54) is 7.11 Å². The normalized spacial score (nSPS) is 11.2. The molecular weight excluding hydrogens is 320 g/mol. The van der Waals surface area contributed by atoms with Gasteiger partial charge in [-0.1, -0.05) is 49.0 Å². The molecule has 0 spiro atoms. The summed E-state index contributed by atoms with van der Waals surface area (Å²) in [5, 5.41) is 3.61. The maximum absolute atomic E-state index is 12.5. The minimum absolute atomic E-state index is 0.265. The molecule has 6 heteroatoms. The first-order valence-corrected chi connectivity index (χ1v) is 7.43. The number of methoxy groups -OCH3 is 1. The lowest BCUT2D eigenvalue weighted by Gasteiger charge is -2.15. The molecule has 0 amide bonds. The Hall–Kier alpha value is -3.50. The second kappa shape index (κ2) is 8.96. The van der Waals surface area contributed by atoms with Crippen LogP contribution in [0.1, 0.15) is 22.0 Å². The lowest BCUT2D eigenvalue weighted by Crippen LogP contribution is -2.12. The molecule has 0 bridgehead atoms. The number of carbonyl (C=O) groups excluding carboxylic acids is 2. The van der Waals surface area contributed by atoms with Crippen LogP contribution >= 0.6 is 0 Å². The zero-order valence-electron chi connectivity index (χ0n) is 13.6. The topological polar surface area (TPSA) is 77.0 Å². The molecule has 1 unspecified atom stereocenters. The molecule has 0 aliphatic carbocycles. The minimum atomic E-state index is -0.733. The minimum Gasteiger partial charge on any atom is -0.450 e. The van der Waals surface area contributed by atoms with E-state index in [0.717, 1.165) is 5.56 Å². The molecule has 126 valence electrons. The molecule has 25 heavy (non-hydrogen) atoms. The summed E-state index contributed by atoms with van der Waals surface area (Å²) < 4.78 is 9.91. The van der Waals surface area contributed by atoms with Gasteiger partial charge in [0.1, 0.15) is 6.10 Å². The molecule has 0 aliphatic heterocycles. The first-order chi connectivity index (χ1) is 12.2. The third kappa shape index (κ3) is 4.99. The Morgan fingerprint density at radius 3 is 2.52 bits per heavy atom.